The van der Waals surface area contributed by atoms with Gasteiger partial charge in [0.15, 0.2) is 6.61 Å². The predicted molar refractivity (Wildman–Crippen MR) is 213 cm³/mol. The van der Waals surface area contributed by atoms with Gasteiger partial charge in [0, 0.05) is 34.7 Å². The van der Waals surface area contributed by atoms with Gasteiger partial charge in [0.25, 0.3) is 0 Å². The van der Waals surface area contributed by atoms with Crippen LogP contribution in [0.15, 0.2) is 0 Å². The maximum absolute atomic E-state index is 11.6. The number of ether oxygens (including phenoxy) is 3. The fraction of sp³-hybridized carbons (Fsp3) is 0.765. The van der Waals surface area contributed by atoms with E-state index in [0.29, 0.717) is 60.3 Å². The third-order valence-electron chi connectivity index (χ3n) is 8.09. The minimum Gasteiger partial charge on any atom is -0.480 e. The first-order valence-corrected chi connectivity index (χ1v) is 21.8. The molecule has 0 saturated carbocycles. The molecule has 3 N–H and O–H groups in total. The van der Waals surface area contributed by atoms with Crippen molar-refractivity contribution in [2.75, 3.05) is 69.9 Å². The number of rotatable bonds is 11. The van der Waals surface area contributed by atoms with Gasteiger partial charge in [0.1, 0.15) is 18.7 Å². The maximum Gasteiger partial charge on any atom is 1.00 e. The van der Waals surface area contributed by atoms with Gasteiger partial charge in [-0.1, -0.05) is 53.2 Å². The van der Waals surface area contributed by atoms with Gasteiger partial charge in [-0.05, 0) is 75.5 Å². The normalized spacial score (nSPS) is 15.8. The summed E-state index contributed by atoms with van der Waals surface area (Å²) in [6.07, 6.45) is 19.5. The molecule has 2 atom stereocenters. The number of carboxylic acids is 2. The number of terminal acetylenes is 1. The van der Waals surface area contributed by atoms with Crippen molar-refractivity contribution >= 4 is 48.4 Å². The zero-order valence-electron chi connectivity index (χ0n) is 33.4. The summed E-state index contributed by atoms with van der Waals surface area (Å²) < 4.78 is 14.5. The summed E-state index contributed by atoms with van der Waals surface area (Å²) in [6, 6.07) is -1.55. The molecule has 2 amide bonds. The van der Waals surface area contributed by atoms with Crippen LogP contribution in [0.4, 0.5) is 9.59 Å². The first-order chi connectivity index (χ1) is 25.5. The second-order valence-corrected chi connectivity index (χ2v) is 17.7. The second kappa shape index (κ2) is 42.5. The number of hydrogen-bond acceptors (Lipinski definition) is 9. The van der Waals surface area contributed by atoms with Crippen molar-refractivity contribution in [1.82, 2.24) is 25.2 Å². The number of nitrogens with one attached hydrogen (secondary N) is 1. The van der Waals surface area contributed by atoms with Crippen LogP contribution >= 0.6 is 15.8 Å². The molecule has 325 valence electrons. The first-order valence-electron chi connectivity index (χ1n) is 18.0. The molecule has 0 unspecified atom stereocenters. The number of hydrogen-bond donors (Lipinski definition) is 3. The molecule has 3 aliphatic heterocycles. The fourth-order valence-electron chi connectivity index (χ4n) is 5.00. The molecule has 56 heavy (non-hydrogen) atoms. The number of carboxylic acid groups (broad SMARTS) is 2. The van der Waals surface area contributed by atoms with Crippen LogP contribution in [0.3, 0.4) is 0 Å². The summed E-state index contributed by atoms with van der Waals surface area (Å²) in [6.45, 7) is 16.4. The molecule has 0 aliphatic carbocycles. The van der Waals surface area contributed by atoms with E-state index in [9.17, 15) is 19.2 Å². The number of nitrogens with zero attached hydrogens (tertiary/aromatic N) is 7. The maximum atomic E-state index is 11.6. The number of carbonyl (C=O) groups is 4. The van der Waals surface area contributed by atoms with E-state index in [4.69, 9.17) is 37.2 Å². The second-order valence-electron chi connectivity index (χ2n) is 11.2. The van der Waals surface area contributed by atoms with Crippen LogP contribution in [-0.4, -0.2) is 150 Å². The SMILES string of the molecule is C#CCOC(=O)N1CCC[C@@H]1C(=O)O.C1CCOC1.CCP(CC)CC.CCP(CC)CC.O=C(O)[C@H]1CCCN1C(=O)OCc1[c-]nn[nH]1.[Au+].[Au+].[B].[N-]=[N+]=[N-]. The Hall–Kier alpha value is -2.14. The van der Waals surface area contributed by atoms with Crippen molar-refractivity contribution in [3.05, 3.63) is 27.9 Å². The van der Waals surface area contributed by atoms with E-state index >= 15 is 0 Å². The van der Waals surface area contributed by atoms with Crippen molar-refractivity contribution in [1.29, 1.82) is 0 Å². The Morgan fingerprint density at radius 3 is 1.50 bits per heavy atom. The molecule has 3 aliphatic rings. The quantitative estimate of drug-likeness (QED) is 0.0415. The molecule has 4 heterocycles. The van der Waals surface area contributed by atoms with E-state index < -0.39 is 36.2 Å². The van der Waals surface area contributed by atoms with Crippen LogP contribution in [0.1, 0.15) is 85.8 Å². The number of aromatic amines is 1. The van der Waals surface area contributed by atoms with Crippen molar-refractivity contribution in [2.24, 2.45) is 0 Å². The Bertz CT molecular complexity index is 1180. The van der Waals surface area contributed by atoms with Gasteiger partial charge >= 0.3 is 68.9 Å². The average Bonchev–Trinajstić information content (AvgIpc) is 4.01. The molecular weight excluding hydrogens is 1130 g/mol. The molecule has 4 rings (SSSR count). The van der Waals surface area contributed by atoms with Crippen LogP contribution in [0.25, 0.3) is 16.0 Å². The van der Waals surface area contributed by atoms with Crippen LogP contribution < -0.4 is 0 Å². The number of likely N-dealkylation sites (tertiary alicyclic amines) is 2. The van der Waals surface area contributed by atoms with Gasteiger partial charge in [-0.25, -0.2) is 19.2 Å². The van der Waals surface area contributed by atoms with Gasteiger partial charge in [-0.3, -0.25) is 19.8 Å². The Kier molecular flexibility index (Phi) is 47.8. The molecule has 3 radical (unpaired) electrons. The van der Waals surface area contributed by atoms with Gasteiger partial charge < -0.3 is 46.8 Å². The fourth-order valence-corrected chi connectivity index (χ4v) is 7.68. The minimum atomic E-state index is -1.01. The largest absolute Gasteiger partial charge is 1.00 e. The summed E-state index contributed by atoms with van der Waals surface area (Å²) in [4.78, 5) is 48.4. The van der Waals surface area contributed by atoms with Crippen molar-refractivity contribution < 1.29 is 88.4 Å². The predicted octanol–water partition coefficient (Wildman–Crippen LogP) is 6.43. The van der Waals surface area contributed by atoms with Gasteiger partial charge in [0.05, 0.1) is 0 Å². The molecule has 22 heteroatoms. The number of aliphatic carboxylic acids is 2. The van der Waals surface area contributed by atoms with Gasteiger partial charge in [-0.15, -0.1) is 27.5 Å². The summed E-state index contributed by atoms with van der Waals surface area (Å²) >= 11 is 0. The van der Waals surface area contributed by atoms with Crippen LogP contribution in [0.2, 0.25) is 0 Å². The Morgan fingerprint density at radius 2 is 1.23 bits per heavy atom. The molecule has 0 bridgehead atoms. The van der Waals surface area contributed by atoms with E-state index in [1.165, 1.54) is 64.5 Å². The van der Waals surface area contributed by atoms with Crippen LogP contribution in [0.5, 0.6) is 0 Å². The monoisotopic (exact) mass is 1190 g/mol. The molecular formula is C34H60Au2BN8O9P2. The summed E-state index contributed by atoms with van der Waals surface area (Å²) in [5, 5.41) is 27.0. The summed E-state index contributed by atoms with van der Waals surface area (Å²) in [5.74, 6) is 0.144. The Labute approximate surface area is 368 Å². The van der Waals surface area contributed by atoms with Gasteiger partial charge in [0.2, 0.25) is 0 Å². The van der Waals surface area contributed by atoms with E-state index in [1.54, 1.807) is 0 Å². The minimum absolute atomic E-state index is 0. The molecule has 17 nitrogen and oxygen atoms in total. The molecule has 3 saturated heterocycles. The van der Waals surface area contributed by atoms with Crippen LogP contribution in [0, 0.1) is 18.5 Å². The zero-order valence-corrected chi connectivity index (χ0v) is 39.5. The Balaban J connectivity index is -0.000000200. The van der Waals surface area contributed by atoms with Crippen LogP contribution in [-0.2, 0) is 75.2 Å². The smallest absolute Gasteiger partial charge is 0.480 e. The average molecular weight is 1190 g/mol. The van der Waals surface area contributed by atoms with E-state index in [2.05, 4.69) is 73.8 Å². The molecule has 0 spiro atoms. The van der Waals surface area contributed by atoms with Crippen molar-refractivity contribution in [3.63, 3.8) is 0 Å². The molecule has 3 fully saturated rings. The number of H-pyrrole nitrogens is 1. The topological polar surface area (TPSA) is 243 Å². The van der Waals surface area contributed by atoms with E-state index in [1.807, 2.05) is 0 Å². The van der Waals surface area contributed by atoms with Crippen molar-refractivity contribution in [2.45, 2.75) is 98.8 Å². The number of carbonyl (C=O) groups excluding carboxylic acids is 2. The van der Waals surface area contributed by atoms with E-state index in [0.717, 1.165) is 13.2 Å². The molecule has 1 aromatic heterocycles. The Morgan fingerprint density at radius 1 is 0.839 bits per heavy atom. The standard InChI is InChI=1S/C9H11N4O4.C9H11NO4.2C6H15P.C4H8O.2Au.B.N3/c14-8(15)7-2-1-3-13(7)9(16)17-5-6-4-10-12-11-6;1-2-6-14-9(13)10-5-3-4-7(10)8(11)12;2*1-4-7(5-2)6-3;1-2-4-5-3-1;;;;1-3-2/h7H,1-3,5H2,(H,14,15)(H,10,11,12);1,7H,3-6H2,(H,11,12);2*4-6H2,1-3H3;1-4H2;;;;/q-1;;;;;2*+1;;-1/t2*7-;;;;;;;/m11......./s1. The number of aromatic nitrogens is 3. The zero-order chi connectivity index (χ0) is 40.4. The summed E-state index contributed by atoms with van der Waals surface area (Å²) in [5.41, 5.74) is 13.9. The molecule has 1 aromatic rings. The van der Waals surface area contributed by atoms with Crippen molar-refractivity contribution in [3.8, 4) is 12.3 Å². The molecule has 0 aromatic carbocycles. The summed E-state index contributed by atoms with van der Waals surface area (Å²) in [7, 11) is 0.892. The third kappa shape index (κ3) is 30.0. The van der Waals surface area contributed by atoms with E-state index in [-0.39, 0.29) is 66.4 Å². The third-order valence-corrected chi connectivity index (χ3v) is 13.5. The van der Waals surface area contributed by atoms with Gasteiger partial charge in [-0.2, -0.15) is 0 Å². The first kappa shape index (κ1) is 63.0. The number of amides is 2.